The fourth-order valence-electron chi connectivity index (χ4n) is 5.45. The first kappa shape index (κ1) is 20.2. The third-order valence-corrected chi connectivity index (χ3v) is 8.19. The van der Waals surface area contributed by atoms with E-state index in [1.165, 1.54) is 44.7 Å². The summed E-state index contributed by atoms with van der Waals surface area (Å²) in [5.41, 5.74) is 4.42. The van der Waals surface area contributed by atoms with Crippen molar-refractivity contribution in [2.24, 2.45) is 23.7 Å². The lowest BCUT2D eigenvalue weighted by atomic mass is 9.69. The Morgan fingerprint density at radius 3 is 2.17 bits per heavy atom. The summed E-state index contributed by atoms with van der Waals surface area (Å²) in [4.78, 5) is 0. The fourth-order valence-corrected chi connectivity index (χ4v) is 5.45. The zero-order valence-electron chi connectivity index (χ0n) is 19.2. The van der Waals surface area contributed by atoms with Crippen molar-refractivity contribution in [2.45, 2.75) is 60.3 Å². The van der Waals surface area contributed by atoms with Crippen LogP contribution in [0.4, 0.5) is 0 Å². The van der Waals surface area contributed by atoms with Gasteiger partial charge >= 0.3 is 0 Å². The van der Waals surface area contributed by atoms with Gasteiger partial charge in [-0.1, -0.05) is 96.2 Å². The topological polar surface area (TPSA) is 0 Å². The Labute approximate surface area is 177 Å². The summed E-state index contributed by atoms with van der Waals surface area (Å²) in [6.07, 6.45) is 6.15. The van der Waals surface area contributed by atoms with Gasteiger partial charge in [0, 0.05) is 5.41 Å². The summed E-state index contributed by atoms with van der Waals surface area (Å²) in [5.74, 6) is 2.87. The number of aryl methyl sites for hydroxylation is 1. The summed E-state index contributed by atoms with van der Waals surface area (Å²) in [5, 5.41) is 5.53. The van der Waals surface area contributed by atoms with Crippen LogP contribution in [0.15, 0.2) is 48.5 Å². The standard InChI is InChI=1S/C29H36/c1-18(2)22(6)20(4)17-21(5)29(7)16-15-27-26-12-11-23-19(3)9-8-10-24(23)25(26)13-14-28(27)29/h8-16,18,20-22H,17H2,1-7H3/t20-,21+,22+,29-/m0/s1. The van der Waals surface area contributed by atoms with Crippen LogP contribution in [0.3, 0.4) is 0 Å². The highest BCUT2D eigenvalue weighted by atomic mass is 14.4. The highest BCUT2D eigenvalue weighted by Crippen LogP contribution is 2.47. The van der Waals surface area contributed by atoms with E-state index < -0.39 is 0 Å². The van der Waals surface area contributed by atoms with Gasteiger partial charge in [0.2, 0.25) is 0 Å². The molecule has 0 spiro atoms. The second kappa shape index (κ2) is 7.31. The van der Waals surface area contributed by atoms with Crippen molar-refractivity contribution < 1.29 is 0 Å². The first-order valence-electron chi connectivity index (χ1n) is 11.4. The van der Waals surface area contributed by atoms with Crippen LogP contribution < -0.4 is 0 Å². The van der Waals surface area contributed by atoms with Gasteiger partial charge in [0.25, 0.3) is 0 Å². The third kappa shape index (κ3) is 3.21. The van der Waals surface area contributed by atoms with Crippen molar-refractivity contribution in [3.63, 3.8) is 0 Å². The minimum absolute atomic E-state index is 0.121. The monoisotopic (exact) mass is 384 g/mol. The molecule has 0 heteroatoms. The van der Waals surface area contributed by atoms with Crippen LogP contribution in [0.25, 0.3) is 27.6 Å². The van der Waals surface area contributed by atoms with Crippen molar-refractivity contribution >= 4 is 27.6 Å². The van der Waals surface area contributed by atoms with Gasteiger partial charge < -0.3 is 0 Å². The molecule has 3 aromatic rings. The fraction of sp³-hybridized carbons (Fsp3) is 0.448. The van der Waals surface area contributed by atoms with Crippen LogP contribution >= 0.6 is 0 Å². The Morgan fingerprint density at radius 1 is 0.793 bits per heavy atom. The lowest BCUT2D eigenvalue weighted by Crippen LogP contribution is -2.30. The summed E-state index contributed by atoms with van der Waals surface area (Å²) in [6.45, 7) is 16.7. The van der Waals surface area contributed by atoms with Crippen LogP contribution in [0.1, 0.15) is 64.7 Å². The molecule has 29 heavy (non-hydrogen) atoms. The third-order valence-electron chi connectivity index (χ3n) is 8.19. The molecule has 1 aliphatic carbocycles. The Balaban J connectivity index is 1.75. The maximum atomic E-state index is 2.48. The molecule has 0 unspecified atom stereocenters. The molecule has 4 atom stereocenters. The number of fused-ring (bicyclic) bond motifs is 5. The minimum atomic E-state index is 0.121. The number of hydrogen-bond acceptors (Lipinski definition) is 0. The van der Waals surface area contributed by atoms with Crippen LogP contribution in [0.5, 0.6) is 0 Å². The van der Waals surface area contributed by atoms with E-state index in [0.29, 0.717) is 5.92 Å². The summed E-state index contributed by atoms with van der Waals surface area (Å²) in [7, 11) is 0. The molecule has 3 aromatic carbocycles. The largest absolute Gasteiger partial charge is 0.0733 e. The zero-order chi connectivity index (χ0) is 20.9. The second-order valence-electron chi connectivity index (χ2n) is 10.2. The Bertz CT molecular complexity index is 1080. The van der Waals surface area contributed by atoms with Gasteiger partial charge in [-0.25, -0.2) is 0 Å². The van der Waals surface area contributed by atoms with Gasteiger partial charge in [-0.3, -0.25) is 0 Å². The summed E-state index contributed by atoms with van der Waals surface area (Å²) >= 11 is 0. The summed E-state index contributed by atoms with van der Waals surface area (Å²) < 4.78 is 0. The van der Waals surface area contributed by atoms with E-state index in [4.69, 9.17) is 0 Å². The predicted molar refractivity (Wildman–Crippen MR) is 130 cm³/mol. The van der Waals surface area contributed by atoms with E-state index >= 15 is 0 Å². The van der Waals surface area contributed by atoms with E-state index in [1.807, 2.05) is 0 Å². The minimum Gasteiger partial charge on any atom is -0.0733 e. The number of allylic oxidation sites excluding steroid dienone is 1. The highest BCUT2D eigenvalue weighted by Gasteiger charge is 2.37. The molecular formula is C29H36. The highest BCUT2D eigenvalue weighted by molar-refractivity contribution is 6.11. The van der Waals surface area contributed by atoms with Crippen molar-refractivity contribution in [1.29, 1.82) is 0 Å². The van der Waals surface area contributed by atoms with E-state index in [9.17, 15) is 0 Å². The molecule has 1 aliphatic rings. The molecule has 0 nitrogen and oxygen atoms in total. The zero-order valence-corrected chi connectivity index (χ0v) is 19.2. The molecule has 0 aromatic heterocycles. The van der Waals surface area contributed by atoms with Crippen LogP contribution in [0, 0.1) is 30.6 Å². The SMILES string of the molecule is Cc1cccc2c1ccc1c3c(ccc12)[C@](C)([C@H](C)C[C@H](C)[C@H](C)C(C)C)C=C3. The number of benzene rings is 3. The Kier molecular flexibility index (Phi) is 5.09. The quantitative estimate of drug-likeness (QED) is 0.387. The lowest BCUT2D eigenvalue weighted by Gasteiger charge is -2.35. The smallest absolute Gasteiger partial charge is 0.0139 e. The van der Waals surface area contributed by atoms with Gasteiger partial charge in [-0.2, -0.15) is 0 Å². The van der Waals surface area contributed by atoms with Crippen LogP contribution in [-0.2, 0) is 5.41 Å². The second-order valence-corrected chi connectivity index (χ2v) is 10.2. The molecule has 0 bridgehead atoms. The average molecular weight is 385 g/mol. The molecule has 0 N–H and O–H groups in total. The van der Waals surface area contributed by atoms with Gasteiger partial charge in [0.15, 0.2) is 0 Å². The van der Waals surface area contributed by atoms with Crippen molar-refractivity contribution in [2.75, 3.05) is 0 Å². The number of rotatable bonds is 5. The first-order chi connectivity index (χ1) is 13.7. The van der Waals surface area contributed by atoms with E-state index in [-0.39, 0.29) is 5.41 Å². The van der Waals surface area contributed by atoms with Crippen molar-refractivity contribution in [3.8, 4) is 0 Å². The van der Waals surface area contributed by atoms with Gasteiger partial charge in [-0.05, 0) is 75.3 Å². The molecule has 152 valence electrons. The van der Waals surface area contributed by atoms with Gasteiger partial charge in [0.1, 0.15) is 0 Å². The van der Waals surface area contributed by atoms with Crippen molar-refractivity contribution in [1.82, 2.24) is 0 Å². The lowest BCUT2D eigenvalue weighted by molar-refractivity contribution is 0.223. The molecule has 0 radical (unpaired) electrons. The molecule has 0 saturated heterocycles. The average Bonchev–Trinajstić information content (AvgIpc) is 3.05. The first-order valence-corrected chi connectivity index (χ1v) is 11.4. The molecule has 4 rings (SSSR count). The summed E-state index contributed by atoms with van der Waals surface area (Å²) in [6, 6.07) is 16.1. The van der Waals surface area contributed by atoms with E-state index in [0.717, 1.165) is 17.8 Å². The van der Waals surface area contributed by atoms with E-state index in [2.05, 4.69) is 103 Å². The maximum Gasteiger partial charge on any atom is 0.0139 e. The molecule has 0 aliphatic heterocycles. The van der Waals surface area contributed by atoms with Crippen LogP contribution in [-0.4, -0.2) is 0 Å². The molecule has 0 saturated carbocycles. The van der Waals surface area contributed by atoms with Crippen LogP contribution in [0.2, 0.25) is 0 Å². The molecule has 0 heterocycles. The molecule has 0 fully saturated rings. The Hall–Kier alpha value is -2.08. The van der Waals surface area contributed by atoms with Gasteiger partial charge in [-0.15, -0.1) is 0 Å². The molecule has 0 amide bonds. The molecular weight excluding hydrogens is 348 g/mol. The number of hydrogen-bond donors (Lipinski definition) is 0. The predicted octanol–water partition coefficient (Wildman–Crippen LogP) is 8.54. The van der Waals surface area contributed by atoms with Gasteiger partial charge in [0.05, 0.1) is 0 Å². The van der Waals surface area contributed by atoms with Crippen molar-refractivity contribution in [3.05, 3.63) is 65.2 Å². The Morgan fingerprint density at radius 2 is 1.45 bits per heavy atom. The normalized spacial score (nSPS) is 21.7. The maximum absolute atomic E-state index is 2.48. The van der Waals surface area contributed by atoms with E-state index in [1.54, 1.807) is 0 Å².